The van der Waals surface area contributed by atoms with E-state index in [0.717, 1.165) is 25.7 Å². The molecule has 24 heavy (non-hydrogen) atoms. The molecule has 0 aromatic carbocycles. The molecule has 0 atom stereocenters. The van der Waals surface area contributed by atoms with Crippen molar-refractivity contribution < 1.29 is 14.4 Å². The summed E-state index contributed by atoms with van der Waals surface area (Å²) < 4.78 is 0. The number of likely N-dealkylation sites (tertiary alicyclic amines) is 1. The summed E-state index contributed by atoms with van der Waals surface area (Å²) >= 11 is 0. The predicted molar refractivity (Wildman–Crippen MR) is 92.2 cm³/mol. The van der Waals surface area contributed by atoms with E-state index in [2.05, 4.69) is 11.9 Å². The first kappa shape index (κ1) is 18.5. The maximum atomic E-state index is 12.2. The molecule has 1 N–H and O–H groups in total. The van der Waals surface area contributed by atoms with Crippen LogP contribution in [0.3, 0.4) is 0 Å². The molecule has 2 fully saturated rings. The highest BCUT2D eigenvalue weighted by Gasteiger charge is 2.26. The Hall–Kier alpha value is -1.85. The highest BCUT2D eigenvalue weighted by molar-refractivity contribution is 5.90. The number of amides is 3. The molecule has 0 radical (unpaired) electrons. The van der Waals surface area contributed by atoms with Gasteiger partial charge < -0.3 is 15.1 Å². The second-order valence-corrected chi connectivity index (χ2v) is 6.98. The molecular weight excluding hydrogens is 306 g/mol. The molecular formula is C18H29N3O3. The first-order valence-electron chi connectivity index (χ1n) is 8.94. The molecule has 1 aliphatic carbocycles. The molecule has 0 spiro atoms. The van der Waals surface area contributed by atoms with Crippen molar-refractivity contribution in [3.63, 3.8) is 0 Å². The van der Waals surface area contributed by atoms with Gasteiger partial charge in [0, 0.05) is 32.6 Å². The number of likely N-dealkylation sites (N-methyl/N-ethyl adjacent to an activating group) is 1. The minimum Gasteiger partial charge on any atom is -0.353 e. The van der Waals surface area contributed by atoms with Gasteiger partial charge >= 0.3 is 0 Å². The number of carbonyl (C=O) groups is 3. The zero-order valence-corrected chi connectivity index (χ0v) is 14.6. The molecule has 2 aliphatic rings. The lowest BCUT2D eigenvalue weighted by Crippen LogP contribution is -2.45. The lowest BCUT2D eigenvalue weighted by Gasteiger charge is -2.33. The number of carbonyl (C=O) groups excluding carboxylic acids is 3. The maximum absolute atomic E-state index is 12.2. The van der Waals surface area contributed by atoms with Crippen molar-refractivity contribution in [2.24, 2.45) is 5.92 Å². The van der Waals surface area contributed by atoms with Gasteiger partial charge in [0.25, 0.3) is 0 Å². The van der Waals surface area contributed by atoms with E-state index in [1.54, 1.807) is 11.9 Å². The van der Waals surface area contributed by atoms with E-state index in [4.69, 9.17) is 0 Å². The zero-order chi connectivity index (χ0) is 17.5. The highest BCUT2D eigenvalue weighted by Crippen LogP contribution is 2.22. The average molecular weight is 335 g/mol. The summed E-state index contributed by atoms with van der Waals surface area (Å²) in [5.74, 6) is 0.217. The Bertz CT molecular complexity index is 478. The molecule has 1 saturated heterocycles. The van der Waals surface area contributed by atoms with Crippen molar-refractivity contribution in [3.05, 3.63) is 12.7 Å². The van der Waals surface area contributed by atoms with Crippen molar-refractivity contribution >= 4 is 17.7 Å². The topological polar surface area (TPSA) is 69.7 Å². The summed E-state index contributed by atoms with van der Waals surface area (Å²) in [5, 5.41) is 3.13. The standard InChI is InChI=1S/C18H29N3O3/c1-3-17(23)20(2)13-18(24)21-10-8-14(9-11-21)12-16(22)19-15-6-4-5-7-15/h3,14-15H,1,4-13H2,2H3,(H,19,22). The monoisotopic (exact) mass is 335 g/mol. The molecule has 6 heteroatoms. The van der Waals surface area contributed by atoms with E-state index in [1.807, 2.05) is 0 Å². The lowest BCUT2D eigenvalue weighted by molar-refractivity contribution is -0.138. The molecule has 0 unspecified atom stereocenters. The SMILES string of the molecule is C=CC(=O)N(C)CC(=O)N1CCC(CC(=O)NC2CCCC2)CC1. The van der Waals surface area contributed by atoms with Crippen LogP contribution in [0.25, 0.3) is 0 Å². The van der Waals surface area contributed by atoms with Crippen LogP contribution in [-0.4, -0.2) is 60.2 Å². The number of nitrogens with one attached hydrogen (secondary N) is 1. The van der Waals surface area contributed by atoms with Crippen molar-refractivity contribution in [1.29, 1.82) is 0 Å². The van der Waals surface area contributed by atoms with Crippen molar-refractivity contribution in [2.45, 2.75) is 51.0 Å². The Labute approximate surface area is 144 Å². The second-order valence-electron chi connectivity index (χ2n) is 6.98. The summed E-state index contributed by atoms with van der Waals surface area (Å²) in [6.45, 7) is 4.83. The molecule has 2 rings (SSSR count). The van der Waals surface area contributed by atoms with Crippen LogP contribution >= 0.6 is 0 Å². The summed E-state index contributed by atoms with van der Waals surface area (Å²) in [6.07, 6.45) is 8.12. The molecule has 1 heterocycles. The van der Waals surface area contributed by atoms with E-state index in [1.165, 1.54) is 23.8 Å². The molecule has 6 nitrogen and oxygen atoms in total. The number of rotatable bonds is 6. The van der Waals surface area contributed by atoms with E-state index in [0.29, 0.717) is 31.5 Å². The van der Waals surface area contributed by atoms with Crippen molar-refractivity contribution in [2.75, 3.05) is 26.7 Å². The van der Waals surface area contributed by atoms with E-state index < -0.39 is 0 Å². The van der Waals surface area contributed by atoms with Gasteiger partial charge in [-0.3, -0.25) is 14.4 Å². The first-order chi connectivity index (χ1) is 11.5. The van der Waals surface area contributed by atoms with Crippen LogP contribution in [0, 0.1) is 5.92 Å². The highest BCUT2D eigenvalue weighted by atomic mass is 16.2. The fraction of sp³-hybridized carbons (Fsp3) is 0.722. The quantitative estimate of drug-likeness (QED) is 0.744. The van der Waals surface area contributed by atoms with Crippen molar-refractivity contribution in [1.82, 2.24) is 15.1 Å². The summed E-state index contributed by atoms with van der Waals surface area (Å²) in [4.78, 5) is 38.9. The molecule has 0 bridgehead atoms. The smallest absolute Gasteiger partial charge is 0.246 e. The van der Waals surface area contributed by atoms with Gasteiger partial charge in [-0.05, 0) is 37.7 Å². The van der Waals surface area contributed by atoms with Crippen LogP contribution in [-0.2, 0) is 14.4 Å². The van der Waals surface area contributed by atoms with Crippen LogP contribution in [0.15, 0.2) is 12.7 Å². The number of nitrogens with zero attached hydrogens (tertiary/aromatic N) is 2. The van der Waals surface area contributed by atoms with Crippen LogP contribution < -0.4 is 5.32 Å². The first-order valence-corrected chi connectivity index (χ1v) is 8.94. The van der Waals surface area contributed by atoms with Crippen LogP contribution in [0.5, 0.6) is 0 Å². The third-order valence-corrected chi connectivity index (χ3v) is 5.08. The van der Waals surface area contributed by atoms with Crippen LogP contribution in [0.2, 0.25) is 0 Å². The molecule has 0 aromatic heterocycles. The van der Waals surface area contributed by atoms with Gasteiger partial charge in [-0.15, -0.1) is 0 Å². The normalized spacial score (nSPS) is 19.1. The van der Waals surface area contributed by atoms with Gasteiger partial charge in [-0.1, -0.05) is 19.4 Å². The Morgan fingerprint density at radius 2 is 1.79 bits per heavy atom. The molecule has 3 amide bonds. The second kappa shape index (κ2) is 8.85. The molecule has 1 saturated carbocycles. The largest absolute Gasteiger partial charge is 0.353 e. The molecule has 134 valence electrons. The van der Waals surface area contributed by atoms with Gasteiger partial charge in [0.05, 0.1) is 6.54 Å². The minimum atomic E-state index is -0.248. The maximum Gasteiger partial charge on any atom is 0.246 e. The number of hydrogen-bond donors (Lipinski definition) is 1. The third-order valence-electron chi connectivity index (χ3n) is 5.08. The van der Waals surface area contributed by atoms with Crippen LogP contribution in [0.1, 0.15) is 44.9 Å². The Kier molecular flexibility index (Phi) is 6.82. The Morgan fingerprint density at radius 3 is 2.38 bits per heavy atom. The van der Waals surface area contributed by atoms with E-state index in [9.17, 15) is 14.4 Å². The predicted octanol–water partition coefficient (Wildman–Crippen LogP) is 1.32. The van der Waals surface area contributed by atoms with Crippen LogP contribution in [0.4, 0.5) is 0 Å². The fourth-order valence-corrected chi connectivity index (χ4v) is 3.54. The minimum absolute atomic E-state index is 0.0402. The van der Waals surface area contributed by atoms with Gasteiger partial charge in [-0.2, -0.15) is 0 Å². The summed E-state index contributed by atoms with van der Waals surface area (Å²) in [5.41, 5.74) is 0. The van der Waals surface area contributed by atoms with Gasteiger partial charge in [0.15, 0.2) is 0 Å². The van der Waals surface area contributed by atoms with Crippen molar-refractivity contribution in [3.8, 4) is 0 Å². The Morgan fingerprint density at radius 1 is 1.17 bits per heavy atom. The third kappa shape index (κ3) is 5.35. The van der Waals surface area contributed by atoms with Gasteiger partial charge in [0.1, 0.15) is 0 Å². The summed E-state index contributed by atoms with van der Waals surface area (Å²) in [7, 11) is 1.60. The summed E-state index contributed by atoms with van der Waals surface area (Å²) in [6, 6.07) is 0.372. The number of piperidine rings is 1. The van der Waals surface area contributed by atoms with E-state index >= 15 is 0 Å². The van der Waals surface area contributed by atoms with E-state index in [-0.39, 0.29) is 24.3 Å². The average Bonchev–Trinajstić information content (AvgIpc) is 3.07. The lowest BCUT2D eigenvalue weighted by atomic mass is 9.93. The zero-order valence-electron chi connectivity index (χ0n) is 14.6. The number of hydrogen-bond acceptors (Lipinski definition) is 3. The molecule has 1 aliphatic heterocycles. The van der Waals surface area contributed by atoms with Gasteiger partial charge in [0.2, 0.25) is 17.7 Å². The van der Waals surface area contributed by atoms with Gasteiger partial charge in [-0.25, -0.2) is 0 Å². The molecule has 0 aromatic rings. The fourth-order valence-electron chi connectivity index (χ4n) is 3.54. The Balaban J connectivity index is 1.68.